The van der Waals surface area contributed by atoms with Gasteiger partial charge in [0.25, 0.3) is 0 Å². The highest BCUT2D eigenvalue weighted by molar-refractivity contribution is 5.89. The average molecular weight is 432 g/mol. The molecule has 0 spiro atoms. The number of nitrogens with zero attached hydrogens (tertiary/aromatic N) is 3. The predicted molar refractivity (Wildman–Crippen MR) is 125 cm³/mol. The van der Waals surface area contributed by atoms with E-state index < -0.39 is 0 Å². The number of para-hydroxylation sites is 3. The maximum atomic E-state index is 13.4. The fourth-order valence-electron chi connectivity index (χ4n) is 4.59. The smallest absolute Gasteiger partial charge is 0.319 e. The van der Waals surface area contributed by atoms with Crippen molar-refractivity contribution in [2.75, 3.05) is 18.4 Å². The number of likely N-dealkylation sites (tertiary alicyclic amines) is 1. The van der Waals surface area contributed by atoms with E-state index in [0.717, 1.165) is 61.2 Å². The molecule has 2 fully saturated rings. The lowest BCUT2D eigenvalue weighted by Gasteiger charge is -2.36. The Balaban J connectivity index is 1.26. The van der Waals surface area contributed by atoms with Gasteiger partial charge in [0.15, 0.2) is 0 Å². The molecule has 2 N–H and O–H groups in total. The molecule has 3 amide bonds. The fourth-order valence-corrected chi connectivity index (χ4v) is 4.59. The molecule has 1 aliphatic carbocycles. The van der Waals surface area contributed by atoms with Crippen molar-refractivity contribution in [2.45, 2.75) is 50.6 Å². The van der Waals surface area contributed by atoms with Gasteiger partial charge in [-0.25, -0.2) is 9.78 Å². The monoisotopic (exact) mass is 431 g/mol. The molecular weight excluding hydrogens is 402 g/mol. The second-order valence-electron chi connectivity index (χ2n) is 8.76. The van der Waals surface area contributed by atoms with Crippen LogP contribution in [0.25, 0.3) is 11.0 Å². The molecule has 1 saturated heterocycles. The number of amides is 3. The Labute approximate surface area is 187 Å². The molecular formula is C25H29N5O2. The lowest BCUT2D eigenvalue weighted by molar-refractivity contribution is -0.135. The van der Waals surface area contributed by atoms with Crippen molar-refractivity contribution >= 4 is 28.7 Å². The first kappa shape index (κ1) is 20.5. The van der Waals surface area contributed by atoms with Crippen LogP contribution in [0, 0.1) is 0 Å². The first-order chi connectivity index (χ1) is 15.7. The van der Waals surface area contributed by atoms with Gasteiger partial charge in [-0.2, -0.15) is 0 Å². The van der Waals surface area contributed by atoms with Crippen molar-refractivity contribution in [3.05, 3.63) is 60.4 Å². The van der Waals surface area contributed by atoms with Gasteiger partial charge in [-0.1, -0.05) is 30.3 Å². The number of rotatable bonds is 6. The minimum absolute atomic E-state index is 0.0110. The van der Waals surface area contributed by atoms with Crippen molar-refractivity contribution < 1.29 is 9.59 Å². The summed E-state index contributed by atoms with van der Waals surface area (Å²) in [6.45, 7) is 1.49. The van der Waals surface area contributed by atoms with Gasteiger partial charge >= 0.3 is 6.03 Å². The van der Waals surface area contributed by atoms with E-state index in [1.807, 2.05) is 59.5 Å². The van der Waals surface area contributed by atoms with Crippen LogP contribution in [0.3, 0.4) is 0 Å². The number of anilines is 1. The number of nitrogens with one attached hydrogen (secondary N) is 2. The van der Waals surface area contributed by atoms with Crippen LogP contribution >= 0.6 is 0 Å². The highest BCUT2D eigenvalue weighted by atomic mass is 16.2. The van der Waals surface area contributed by atoms with Gasteiger partial charge in [0, 0.05) is 30.7 Å². The van der Waals surface area contributed by atoms with Gasteiger partial charge in [-0.3, -0.25) is 4.79 Å². The van der Waals surface area contributed by atoms with E-state index >= 15 is 0 Å². The highest BCUT2D eigenvalue weighted by Gasteiger charge is 2.32. The minimum atomic E-state index is -0.245. The van der Waals surface area contributed by atoms with Crippen molar-refractivity contribution in [1.82, 2.24) is 19.8 Å². The van der Waals surface area contributed by atoms with Crippen molar-refractivity contribution in [3.63, 3.8) is 0 Å². The van der Waals surface area contributed by atoms with Gasteiger partial charge in [0.05, 0.1) is 11.0 Å². The Kier molecular flexibility index (Phi) is 5.79. The van der Waals surface area contributed by atoms with E-state index in [4.69, 9.17) is 4.98 Å². The second kappa shape index (κ2) is 9.02. The van der Waals surface area contributed by atoms with Gasteiger partial charge < -0.3 is 20.1 Å². The van der Waals surface area contributed by atoms with E-state index in [2.05, 4.69) is 15.2 Å². The fraction of sp³-hybridized carbons (Fsp3) is 0.400. The van der Waals surface area contributed by atoms with Crippen LogP contribution in [0.2, 0.25) is 0 Å². The Morgan fingerprint density at radius 2 is 1.75 bits per heavy atom. The van der Waals surface area contributed by atoms with Crippen LogP contribution < -0.4 is 10.6 Å². The number of urea groups is 1. The van der Waals surface area contributed by atoms with Crippen molar-refractivity contribution in [2.24, 2.45) is 0 Å². The zero-order valence-corrected chi connectivity index (χ0v) is 18.2. The Morgan fingerprint density at radius 1 is 0.969 bits per heavy atom. The predicted octanol–water partition coefficient (Wildman–Crippen LogP) is 4.12. The molecule has 0 bridgehead atoms. The third kappa shape index (κ3) is 4.47. The van der Waals surface area contributed by atoms with Crippen LogP contribution in [0.15, 0.2) is 54.6 Å². The Hall–Kier alpha value is -3.35. The summed E-state index contributed by atoms with van der Waals surface area (Å²) in [4.78, 5) is 32.5. The average Bonchev–Trinajstić information content (AvgIpc) is 3.61. The molecule has 7 nitrogen and oxygen atoms in total. The standard InChI is InChI=1S/C25H29N5O2/c31-23(17-30-22-12-5-4-11-21(22)28-24(30)18-13-14-18)29-15-7-6-10-20(29)16-26-25(32)27-19-8-2-1-3-9-19/h1-5,8-9,11-12,18,20H,6-7,10,13-17H2,(H2,26,27,32). The topological polar surface area (TPSA) is 79.3 Å². The van der Waals surface area contributed by atoms with Gasteiger partial charge in [-0.05, 0) is 56.4 Å². The van der Waals surface area contributed by atoms with Crippen LogP contribution in [0.4, 0.5) is 10.5 Å². The lowest BCUT2D eigenvalue weighted by Crippen LogP contribution is -2.50. The molecule has 1 aliphatic heterocycles. The number of carbonyl (C=O) groups is 2. The summed E-state index contributed by atoms with van der Waals surface area (Å²) in [6.07, 6.45) is 5.25. The van der Waals surface area contributed by atoms with Crippen LogP contribution in [0.1, 0.15) is 43.8 Å². The maximum absolute atomic E-state index is 13.4. The number of imidazole rings is 1. The molecule has 3 aromatic rings. The number of fused-ring (bicyclic) bond motifs is 1. The maximum Gasteiger partial charge on any atom is 0.319 e. The molecule has 1 atom stereocenters. The van der Waals surface area contributed by atoms with E-state index in [9.17, 15) is 9.59 Å². The highest BCUT2D eigenvalue weighted by Crippen LogP contribution is 2.40. The first-order valence-electron chi connectivity index (χ1n) is 11.5. The molecule has 32 heavy (non-hydrogen) atoms. The number of hydrogen-bond donors (Lipinski definition) is 2. The number of carbonyl (C=O) groups excluding carboxylic acids is 2. The summed E-state index contributed by atoms with van der Waals surface area (Å²) < 4.78 is 2.11. The first-order valence-corrected chi connectivity index (χ1v) is 11.5. The molecule has 7 heteroatoms. The molecule has 0 radical (unpaired) electrons. The number of aromatic nitrogens is 2. The van der Waals surface area contributed by atoms with Gasteiger partial charge in [0.1, 0.15) is 12.4 Å². The summed E-state index contributed by atoms with van der Waals surface area (Å²) in [7, 11) is 0. The van der Waals surface area contributed by atoms with Gasteiger partial charge in [-0.15, -0.1) is 0 Å². The van der Waals surface area contributed by atoms with Crippen molar-refractivity contribution in [3.8, 4) is 0 Å². The molecule has 2 heterocycles. The van der Waals surface area contributed by atoms with Crippen molar-refractivity contribution in [1.29, 1.82) is 0 Å². The summed E-state index contributed by atoms with van der Waals surface area (Å²) >= 11 is 0. The summed E-state index contributed by atoms with van der Waals surface area (Å²) in [5, 5.41) is 5.79. The van der Waals surface area contributed by atoms with E-state index in [-0.39, 0.29) is 18.0 Å². The summed E-state index contributed by atoms with van der Waals surface area (Å²) in [5.74, 6) is 1.61. The third-order valence-corrected chi connectivity index (χ3v) is 6.40. The summed E-state index contributed by atoms with van der Waals surface area (Å²) in [5.41, 5.74) is 2.73. The summed E-state index contributed by atoms with van der Waals surface area (Å²) in [6, 6.07) is 17.2. The third-order valence-electron chi connectivity index (χ3n) is 6.40. The van der Waals surface area contributed by atoms with Gasteiger partial charge in [0.2, 0.25) is 5.91 Å². The van der Waals surface area contributed by atoms with E-state index in [1.165, 1.54) is 0 Å². The van der Waals surface area contributed by atoms with E-state index in [0.29, 0.717) is 19.0 Å². The SMILES string of the molecule is O=C(NCC1CCCCN1C(=O)Cn1c(C2CC2)nc2ccccc21)Nc1ccccc1. The molecule has 1 saturated carbocycles. The zero-order chi connectivity index (χ0) is 21.9. The van der Waals surface area contributed by atoms with E-state index in [1.54, 1.807) is 0 Å². The molecule has 2 aromatic carbocycles. The normalized spacial score (nSPS) is 18.5. The number of benzene rings is 2. The largest absolute Gasteiger partial charge is 0.336 e. The molecule has 2 aliphatic rings. The van der Waals surface area contributed by atoms with Crippen LogP contribution in [-0.4, -0.2) is 45.5 Å². The molecule has 166 valence electrons. The molecule has 5 rings (SSSR count). The Bertz CT molecular complexity index is 1110. The number of hydrogen-bond acceptors (Lipinski definition) is 3. The lowest BCUT2D eigenvalue weighted by atomic mass is 10.0. The zero-order valence-electron chi connectivity index (χ0n) is 18.2. The molecule has 1 unspecified atom stereocenters. The molecule has 1 aromatic heterocycles. The van der Waals surface area contributed by atoms with Crippen LogP contribution in [0.5, 0.6) is 0 Å². The van der Waals surface area contributed by atoms with Crippen LogP contribution in [-0.2, 0) is 11.3 Å². The quantitative estimate of drug-likeness (QED) is 0.616. The second-order valence-corrected chi connectivity index (χ2v) is 8.76. The number of piperidine rings is 1. The minimum Gasteiger partial charge on any atom is -0.336 e. The Morgan fingerprint density at radius 3 is 2.56 bits per heavy atom.